The zero-order valence-electron chi connectivity index (χ0n) is 6.80. The summed E-state index contributed by atoms with van der Waals surface area (Å²) in [7, 11) is -3.78. The summed E-state index contributed by atoms with van der Waals surface area (Å²) < 4.78 is 25.9. The van der Waals surface area contributed by atoms with Crippen molar-refractivity contribution in [1.29, 1.82) is 0 Å². The molecule has 0 spiro atoms. The van der Waals surface area contributed by atoms with E-state index in [9.17, 15) is 8.76 Å². The SMILES string of the molecule is C=Cc1ccc([S+]([O])(=O)ON)cc1. The lowest BCUT2D eigenvalue weighted by Crippen LogP contribution is -2.16. The zero-order chi connectivity index (χ0) is 9.90. The maximum absolute atomic E-state index is 11.0. The summed E-state index contributed by atoms with van der Waals surface area (Å²) in [6, 6.07) is 6.02. The van der Waals surface area contributed by atoms with Gasteiger partial charge in [-0.15, -0.1) is 0 Å². The van der Waals surface area contributed by atoms with Crippen molar-refractivity contribution in [3.05, 3.63) is 36.4 Å². The van der Waals surface area contributed by atoms with Gasteiger partial charge in [-0.1, -0.05) is 12.7 Å². The van der Waals surface area contributed by atoms with Crippen LogP contribution in [0.2, 0.25) is 0 Å². The standard InChI is InChI=1S/C8H9NO3S/c1-2-7-3-5-8(6-4-7)13(10,11)12-9/h2-6H,1,9H2/q+1. The first kappa shape index (κ1) is 10.1. The molecule has 1 unspecified atom stereocenters. The minimum atomic E-state index is -3.78. The zero-order valence-corrected chi connectivity index (χ0v) is 7.62. The fourth-order valence-electron chi connectivity index (χ4n) is 0.826. The van der Waals surface area contributed by atoms with Crippen molar-refractivity contribution >= 4 is 16.6 Å². The molecule has 0 aromatic heterocycles. The normalized spacial score (nSPS) is 14.9. The molecule has 2 N–H and O–H groups in total. The van der Waals surface area contributed by atoms with Crippen LogP contribution in [0.25, 0.3) is 6.08 Å². The smallest absolute Gasteiger partial charge is 0.160 e. The first-order chi connectivity index (χ1) is 6.10. The van der Waals surface area contributed by atoms with Crippen molar-refractivity contribution in [2.75, 3.05) is 0 Å². The average molecular weight is 199 g/mol. The Morgan fingerprint density at radius 3 is 2.31 bits per heavy atom. The van der Waals surface area contributed by atoms with Crippen LogP contribution < -0.4 is 5.90 Å². The van der Waals surface area contributed by atoms with Gasteiger partial charge >= 0.3 is 10.5 Å². The number of hydrogen-bond acceptors (Lipinski definition) is 3. The fourth-order valence-corrected chi connectivity index (χ4v) is 1.41. The van der Waals surface area contributed by atoms with Crippen molar-refractivity contribution < 1.29 is 13.0 Å². The highest BCUT2D eigenvalue weighted by atomic mass is 32.3. The van der Waals surface area contributed by atoms with Gasteiger partial charge in [-0.05, 0) is 26.2 Å². The van der Waals surface area contributed by atoms with Crippen LogP contribution in [-0.2, 0) is 23.5 Å². The lowest BCUT2D eigenvalue weighted by Gasteiger charge is -1.96. The molecule has 0 saturated heterocycles. The highest BCUT2D eigenvalue weighted by molar-refractivity contribution is 7.92. The summed E-state index contributed by atoms with van der Waals surface area (Å²) in [6.45, 7) is 3.54. The van der Waals surface area contributed by atoms with Crippen LogP contribution in [0.5, 0.6) is 0 Å². The molecule has 1 atom stereocenters. The Balaban J connectivity index is 3.05. The molecule has 5 heteroatoms. The molecule has 0 saturated carbocycles. The van der Waals surface area contributed by atoms with E-state index in [0.29, 0.717) is 0 Å². The second kappa shape index (κ2) is 3.80. The van der Waals surface area contributed by atoms with Gasteiger partial charge in [0.1, 0.15) is 0 Å². The molecule has 1 rings (SSSR count). The van der Waals surface area contributed by atoms with Crippen molar-refractivity contribution in [1.82, 2.24) is 0 Å². The second-order valence-corrected chi connectivity index (χ2v) is 3.90. The fraction of sp³-hybridized carbons (Fsp3) is 0. The van der Waals surface area contributed by atoms with Crippen LogP contribution >= 0.6 is 0 Å². The van der Waals surface area contributed by atoms with Crippen LogP contribution in [0.3, 0.4) is 0 Å². The van der Waals surface area contributed by atoms with E-state index >= 15 is 0 Å². The van der Waals surface area contributed by atoms with Crippen molar-refractivity contribution in [3.63, 3.8) is 0 Å². The molecule has 13 heavy (non-hydrogen) atoms. The van der Waals surface area contributed by atoms with E-state index in [2.05, 4.69) is 16.8 Å². The number of nitrogens with two attached hydrogens (primary N) is 1. The Kier molecular flexibility index (Phi) is 2.94. The lowest BCUT2D eigenvalue weighted by molar-refractivity contribution is 0.261. The summed E-state index contributed by atoms with van der Waals surface area (Å²) in [5.41, 5.74) is 0.830. The Labute approximate surface area is 77.4 Å². The topological polar surface area (TPSA) is 72.2 Å². The third kappa shape index (κ3) is 2.22. The monoisotopic (exact) mass is 199 g/mol. The molecule has 0 amide bonds. The van der Waals surface area contributed by atoms with Gasteiger partial charge in [0.15, 0.2) is 0 Å². The van der Waals surface area contributed by atoms with Gasteiger partial charge in [0.05, 0.1) is 4.55 Å². The molecule has 0 aliphatic carbocycles. The van der Waals surface area contributed by atoms with Gasteiger partial charge in [0, 0.05) is 12.1 Å². The largest absolute Gasteiger partial charge is 0.447 e. The Morgan fingerprint density at radius 1 is 1.38 bits per heavy atom. The molecular weight excluding hydrogens is 190 g/mol. The maximum Gasteiger partial charge on any atom is 0.447 e. The van der Waals surface area contributed by atoms with Crippen molar-refractivity contribution in [2.45, 2.75) is 4.90 Å². The van der Waals surface area contributed by atoms with Crippen molar-refractivity contribution in [2.24, 2.45) is 5.90 Å². The molecule has 0 fully saturated rings. The summed E-state index contributed by atoms with van der Waals surface area (Å²) >= 11 is 0. The summed E-state index contributed by atoms with van der Waals surface area (Å²) in [6.07, 6.45) is 1.61. The lowest BCUT2D eigenvalue weighted by atomic mass is 10.2. The molecule has 4 nitrogen and oxygen atoms in total. The number of rotatable bonds is 3. The van der Waals surface area contributed by atoms with Gasteiger partial charge in [-0.3, -0.25) is 0 Å². The van der Waals surface area contributed by atoms with Crippen LogP contribution in [0.4, 0.5) is 0 Å². The van der Waals surface area contributed by atoms with Crippen molar-refractivity contribution in [3.8, 4) is 0 Å². The number of hydrogen-bond donors (Lipinski definition) is 1. The van der Waals surface area contributed by atoms with Gasteiger partial charge in [0.2, 0.25) is 4.90 Å². The molecule has 1 aromatic carbocycles. The summed E-state index contributed by atoms with van der Waals surface area (Å²) in [5, 5.41) is 0. The molecular formula is C8H9NO3S+. The number of benzene rings is 1. The Hall–Kier alpha value is -1.01. The predicted molar refractivity (Wildman–Crippen MR) is 48.8 cm³/mol. The Morgan fingerprint density at radius 2 is 1.92 bits per heavy atom. The average Bonchev–Trinajstić information content (AvgIpc) is 2.18. The minimum absolute atomic E-state index is 0.0283. The van der Waals surface area contributed by atoms with E-state index < -0.39 is 10.5 Å². The molecule has 0 aliphatic rings. The third-order valence-electron chi connectivity index (χ3n) is 1.53. The maximum atomic E-state index is 11.0. The highest BCUT2D eigenvalue weighted by Crippen LogP contribution is 2.17. The van der Waals surface area contributed by atoms with E-state index in [4.69, 9.17) is 0 Å². The van der Waals surface area contributed by atoms with E-state index in [0.717, 1.165) is 5.56 Å². The Bertz CT molecular complexity index is 347. The van der Waals surface area contributed by atoms with E-state index in [1.807, 2.05) is 0 Å². The van der Waals surface area contributed by atoms with Crippen LogP contribution in [-0.4, -0.2) is 0 Å². The van der Waals surface area contributed by atoms with E-state index in [-0.39, 0.29) is 4.90 Å². The summed E-state index contributed by atoms with van der Waals surface area (Å²) in [4.78, 5) is 0.0283. The first-order valence-corrected chi connectivity index (χ1v) is 4.87. The molecule has 0 bridgehead atoms. The molecule has 0 aliphatic heterocycles. The highest BCUT2D eigenvalue weighted by Gasteiger charge is 2.33. The molecule has 1 aromatic rings. The molecule has 1 radical (unpaired) electrons. The van der Waals surface area contributed by atoms with Gasteiger partial charge < -0.3 is 0 Å². The van der Waals surface area contributed by atoms with Gasteiger partial charge in [0.25, 0.3) is 0 Å². The van der Waals surface area contributed by atoms with Crippen LogP contribution in [0.15, 0.2) is 35.7 Å². The molecule has 69 valence electrons. The molecule has 0 heterocycles. The first-order valence-electron chi connectivity index (χ1n) is 3.46. The summed E-state index contributed by atoms with van der Waals surface area (Å²) in [5.74, 6) is 4.60. The van der Waals surface area contributed by atoms with Crippen LogP contribution in [0, 0.1) is 0 Å². The third-order valence-corrected chi connectivity index (χ3v) is 2.63. The predicted octanol–water partition coefficient (Wildman–Crippen LogP) is 1.34. The quantitative estimate of drug-likeness (QED) is 0.589. The van der Waals surface area contributed by atoms with Gasteiger partial charge in [-0.2, -0.15) is 5.90 Å². The van der Waals surface area contributed by atoms with E-state index in [1.54, 1.807) is 18.2 Å². The van der Waals surface area contributed by atoms with E-state index in [1.165, 1.54) is 12.1 Å². The minimum Gasteiger partial charge on any atom is -0.160 e. The van der Waals surface area contributed by atoms with Gasteiger partial charge in [-0.25, -0.2) is 0 Å². The second-order valence-electron chi connectivity index (χ2n) is 2.32. The van der Waals surface area contributed by atoms with Crippen LogP contribution in [0.1, 0.15) is 5.56 Å².